The van der Waals surface area contributed by atoms with E-state index >= 15 is 0 Å². The number of carbonyl (C=O) groups excluding carboxylic acids is 1. The van der Waals surface area contributed by atoms with Crippen molar-refractivity contribution in [3.8, 4) is 0 Å². The first-order valence-electron chi connectivity index (χ1n) is 7.34. The average molecular weight is 270 g/mol. The van der Waals surface area contributed by atoms with Gasteiger partial charge in [0.05, 0.1) is 0 Å². The number of hydrogen-bond donors (Lipinski definition) is 2. The summed E-state index contributed by atoms with van der Waals surface area (Å²) in [4.78, 5) is 11.2. The van der Waals surface area contributed by atoms with Gasteiger partial charge in [-0.2, -0.15) is 0 Å². The number of hydrogen-bond acceptors (Lipinski definition) is 4. The fraction of sp³-hybridized carbons (Fsp3) is 0.800. The van der Waals surface area contributed by atoms with E-state index in [1.165, 1.54) is 12.2 Å². The van der Waals surface area contributed by atoms with Crippen LogP contribution in [0.3, 0.4) is 0 Å². The minimum absolute atomic E-state index is 0.443. The highest BCUT2D eigenvalue weighted by Gasteiger charge is 2.52. The summed E-state index contributed by atoms with van der Waals surface area (Å²) in [6.45, 7) is 4.17. The topological polar surface area (TPSA) is 66.8 Å². The highest BCUT2D eigenvalue weighted by atomic mass is 16.7. The molecule has 0 aromatic heterocycles. The second kappa shape index (κ2) is 7.06. The van der Waals surface area contributed by atoms with E-state index in [1.54, 1.807) is 0 Å². The first-order valence-corrected chi connectivity index (χ1v) is 7.34. The van der Waals surface area contributed by atoms with Crippen molar-refractivity contribution in [1.29, 1.82) is 0 Å². The zero-order chi connectivity index (χ0) is 14.4. The van der Waals surface area contributed by atoms with Crippen molar-refractivity contribution in [2.45, 2.75) is 76.6 Å². The molecule has 1 aliphatic heterocycles. The van der Waals surface area contributed by atoms with Crippen molar-refractivity contribution in [3.63, 3.8) is 0 Å². The van der Waals surface area contributed by atoms with Gasteiger partial charge in [-0.25, -0.2) is 4.79 Å². The van der Waals surface area contributed by atoms with Crippen LogP contribution in [-0.4, -0.2) is 27.6 Å². The molecular formula is C15H26O4. The summed E-state index contributed by atoms with van der Waals surface area (Å²) in [7, 11) is 0. The van der Waals surface area contributed by atoms with E-state index in [9.17, 15) is 15.0 Å². The minimum Gasteiger partial charge on any atom is -0.423 e. The smallest absolute Gasteiger partial charge is 0.333 e. The molecule has 0 spiro atoms. The molecule has 1 unspecified atom stereocenters. The molecule has 0 radical (unpaired) electrons. The molecule has 0 bridgehead atoms. The normalized spacial score (nSPS) is 22.8. The van der Waals surface area contributed by atoms with Crippen molar-refractivity contribution >= 4 is 5.97 Å². The monoisotopic (exact) mass is 270 g/mol. The van der Waals surface area contributed by atoms with E-state index in [1.807, 2.05) is 0 Å². The van der Waals surface area contributed by atoms with Crippen molar-refractivity contribution in [2.75, 3.05) is 0 Å². The molecule has 1 heterocycles. The minimum atomic E-state index is -1.86. The lowest BCUT2D eigenvalue weighted by molar-refractivity contribution is -0.255. The molecule has 1 atom stereocenters. The number of esters is 1. The van der Waals surface area contributed by atoms with Crippen LogP contribution < -0.4 is 0 Å². The van der Waals surface area contributed by atoms with Crippen LogP contribution in [0.4, 0.5) is 0 Å². The van der Waals surface area contributed by atoms with Crippen LogP contribution in [-0.2, 0) is 9.53 Å². The fourth-order valence-electron chi connectivity index (χ4n) is 2.47. The van der Waals surface area contributed by atoms with Gasteiger partial charge in [-0.3, -0.25) is 0 Å². The predicted octanol–water partition coefficient (Wildman–Crippen LogP) is 2.68. The molecule has 4 nitrogen and oxygen atoms in total. The third kappa shape index (κ3) is 4.05. The molecule has 1 rings (SSSR count). The van der Waals surface area contributed by atoms with Crippen LogP contribution >= 0.6 is 0 Å². The van der Waals surface area contributed by atoms with E-state index in [-0.39, 0.29) is 0 Å². The number of ether oxygens (including phenoxy) is 1. The van der Waals surface area contributed by atoms with Crippen LogP contribution in [0.15, 0.2) is 12.2 Å². The van der Waals surface area contributed by atoms with E-state index < -0.39 is 17.4 Å². The Labute approximate surface area is 115 Å². The third-order valence-electron chi connectivity index (χ3n) is 3.76. The fourth-order valence-corrected chi connectivity index (χ4v) is 2.47. The Balaban J connectivity index is 2.72. The maximum atomic E-state index is 11.2. The Kier molecular flexibility index (Phi) is 6.01. The second-order valence-electron chi connectivity index (χ2n) is 5.40. The number of carbonyl (C=O) groups is 1. The summed E-state index contributed by atoms with van der Waals surface area (Å²) >= 11 is 0. The molecule has 0 aliphatic carbocycles. The lowest BCUT2D eigenvalue weighted by atomic mass is 9.82. The van der Waals surface area contributed by atoms with E-state index in [0.717, 1.165) is 38.5 Å². The van der Waals surface area contributed by atoms with Gasteiger partial charge in [-0.1, -0.05) is 52.4 Å². The zero-order valence-corrected chi connectivity index (χ0v) is 12.0. The Morgan fingerprint density at radius 2 is 1.68 bits per heavy atom. The lowest BCUT2D eigenvalue weighted by Gasteiger charge is -2.38. The first kappa shape index (κ1) is 16.2. The number of unbranched alkanes of at least 4 members (excludes halogenated alkanes) is 4. The van der Waals surface area contributed by atoms with Crippen molar-refractivity contribution in [3.05, 3.63) is 12.2 Å². The molecule has 0 aromatic rings. The average Bonchev–Trinajstić information content (AvgIpc) is 2.72. The van der Waals surface area contributed by atoms with E-state index in [2.05, 4.69) is 13.8 Å². The van der Waals surface area contributed by atoms with Crippen LogP contribution in [0.25, 0.3) is 0 Å². The van der Waals surface area contributed by atoms with Gasteiger partial charge in [-0.15, -0.1) is 0 Å². The molecule has 2 N–H and O–H groups in total. The Hall–Kier alpha value is -0.870. The van der Waals surface area contributed by atoms with Gasteiger partial charge >= 0.3 is 5.97 Å². The molecule has 110 valence electrons. The highest BCUT2D eigenvalue weighted by Crippen LogP contribution is 2.37. The van der Waals surface area contributed by atoms with Gasteiger partial charge in [0.1, 0.15) is 5.60 Å². The maximum Gasteiger partial charge on any atom is 0.333 e. The molecule has 19 heavy (non-hydrogen) atoms. The summed E-state index contributed by atoms with van der Waals surface area (Å²) < 4.78 is 4.93. The van der Waals surface area contributed by atoms with E-state index in [0.29, 0.717) is 12.8 Å². The number of rotatable bonds is 9. The van der Waals surface area contributed by atoms with Crippen LogP contribution in [0.2, 0.25) is 0 Å². The summed E-state index contributed by atoms with van der Waals surface area (Å²) in [6.07, 6.45) is 9.04. The van der Waals surface area contributed by atoms with Gasteiger partial charge in [0.25, 0.3) is 5.79 Å². The molecule has 0 saturated carbocycles. The first-order chi connectivity index (χ1) is 8.97. The maximum absolute atomic E-state index is 11.2. The quantitative estimate of drug-likeness (QED) is 0.499. The van der Waals surface area contributed by atoms with Crippen LogP contribution in [0, 0.1) is 0 Å². The van der Waals surface area contributed by atoms with Crippen molar-refractivity contribution in [2.24, 2.45) is 0 Å². The summed E-state index contributed by atoms with van der Waals surface area (Å²) in [5.41, 5.74) is -1.38. The SMILES string of the molecule is CCCCCC(O)(CCCCC)C1(O)C=CC(=O)O1. The standard InChI is InChI=1S/C15H26O4/c1-3-5-7-10-14(17,11-8-6-4-2)15(18)12-9-13(16)19-15/h9,12,17-18H,3-8,10-11H2,1-2H3. The number of aliphatic hydroxyl groups is 2. The second-order valence-corrected chi connectivity index (χ2v) is 5.40. The van der Waals surface area contributed by atoms with Gasteiger partial charge in [0, 0.05) is 6.08 Å². The largest absolute Gasteiger partial charge is 0.423 e. The molecule has 0 amide bonds. The molecule has 0 fully saturated rings. The zero-order valence-electron chi connectivity index (χ0n) is 12.0. The van der Waals surface area contributed by atoms with Crippen molar-refractivity contribution < 1.29 is 19.7 Å². The molecule has 1 aliphatic rings. The summed E-state index contributed by atoms with van der Waals surface area (Å²) in [5, 5.41) is 21.2. The molecular weight excluding hydrogens is 244 g/mol. The summed E-state index contributed by atoms with van der Waals surface area (Å²) in [6, 6.07) is 0. The molecule has 4 heteroatoms. The lowest BCUT2D eigenvalue weighted by Crippen LogP contribution is -2.53. The van der Waals surface area contributed by atoms with Gasteiger partial charge < -0.3 is 14.9 Å². The Morgan fingerprint density at radius 3 is 2.05 bits per heavy atom. The number of cyclic esters (lactones) is 1. The van der Waals surface area contributed by atoms with Crippen LogP contribution in [0.5, 0.6) is 0 Å². The molecule has 0 saturated heterocycles. The Morgan fingerprint density at radius 1 is 1.16 bits per heavy atom. The van der Waals surface area contributed by atoms with Gasteiger partial charge in [0.2, 0.25) is 0 Å². The molecule has 0 aromatic carbocycles. The van der Waals surface area contributed by atoms with Crippen LogP contribution in [0.1, 0.15) is 65.2 Å². The van der Waals surface area contributed by atoms with Gasteiger partial charge in [-0.05, 0) is 18.9 Å². The third-order valence-corrected chi connectivity index (χ3v) is 3.76. The predicted molar refractivity (Wildman–Crippen MR) is 73.4 cm³/mol. The highest BCUT2D eigenvalue weighted by molar-refractivity contribution is 5.85. The van der Waals surface area contributed by atoms with Gasteiger partial charge in [0.15, 0.2) is 0 Å². The Bertz CT molecular complexity index is 314. The summed E-state index contributed by atoms with van der Waals surface area (Å²) in [5.74, 6) is -2.45. The van der Waals surface area contributed by atoms with Crippen molar-refractivity contribution in [1.82, 2.24) is 0 Å². The van der Waals surface area contributed by atoms with E-state index in [4.69, 9.17) is 4.74 Å².